The number of nitrogens with one attached hydrogen (secondary N) is 1. The van der Waals surface area contributed by atoms with Crippen molar-refractivity contribution in [1.29, 1.82) is 0 Å². The Morgan fingerprint density at radius 2 is 1.75 bits per heavy atom. The van der Waals surface area contributed by atoms with E-state index in [1.807, 2.05) is 20.8 Å². The lowest BCUT2D eigenvalue weighted by Gasteiger charge is -2.25. The van der Waals surface area contributed by atoms with Crippen molar-refractivity contribution in [1.82, 2.24) is 4.72 Å². The van der Waals surface area contributed by atoms with Crippen LogP contribution in [0.25, 0.3) is 0 Å². The summed E-state index contributed by atoms with van der Waals surface area (Å²) in [5.74, 6) is 0.371. The van der Waals surface area contributed by atoms with Gasteiger partial charge in [-0.3, -0.25) is 4.79 Å². The van der Waals surface area contributed by atoms with Gasteiger partial charge in [0.15, 0.2) is 0 Å². The number of hydrogen-bond donors (Lipinski definition) is 1. The minimum Gasteiger partial charge on any atom is -0.300 e. The lowest BCUT2D eigenvalue weighted by Crippen LogP contribution is -2.41. The zero-order chi connectivity index (χ0) is 12.4. The van der Waals surface area contributed by atoms with Crippen LogP contribution in [0.1, 0.15) is 46.5 Å². The van der Waals surface area contributed by atoms with Crippen molar-refractivity contribution in [3.63, 3.8) is 0 Å². The minimum atomic E-state index is -3.22. The summed E-state index contributed by atoms with van der Waals surface area (Å²) in [7, 11) is -3.22. The molecule has 0 spiro atoms. The van der Waals surface area contributed by atoms with Crippen molar-refractivity contribution in [3.8, 4) is 0 Å². The van der Waals surface area contributed by atoms with Gasteiger partial charge in [0.1, 0.15) is 5.78 Å². The minimum absolute atomic E-state index is 0.0509. The zero-order valence-corrected chi connectivity index (χ0v) is 11.1. The fourth-order valence-corrected chi connectivity index (χ4v) is 3.89. The molecule has 1 aliphatic carbocycles. The molecule has 0 atom stereocenters. The lowest BCUT2D eigenvalue weighted by atomic mass is 9.95. The molecule has 0 aromatic carbocycles. The van der Waals surface area contributed by atoms with Gasteiger partial charge in [-0.25, -0.2) is 13.1 Å². The zero-order valence-electron chi connectivity index (χ0n) is 10.2. The maximum atomic E-state index is 11.8. The van der Waals surface area contributed by atoms with E-state index in [9.17, 15) is 13.2 Å². The summed E-state index contributed by atoms with van der Waals surface area (Å²) in [6, 6.07) is -0.0509. The Bertz CT molecular complexity index is 344. The Morgan fingerprint density at radius 1 is 1.25 bits per heavy atom. The van der Waals surface area contributed by atoms with E-state index in [1.54, 1.807) is 0 Å². The van der Waals surface area contributed by atoms with Crippen molar-refractivity contribution >= 4 is 15.8 Å². The van der Waals surface area contributed by atoms with Gasteiger partial charge in [-0.2, -0.15) is 0 Å². The Morgan fingerprint density at radius 3 is 2.19 bits per heavy atom. The summed E-state index contributed by atoms with van der Waals surface area (Å²) < 4.78 is 26.3. The van der Waals surface area contributed by atoms with Gasteiger partial charge in [0.2, 0.25) is 10.0 Å². The standard InChI is InChI=1S/C11H21NO3S/c1-11(2,3)8-16(14,15)12-9-4-6-10(13)7-5-9/h9,12H,4-8H2,1-3H3. The monoisotopic (exact) mass is 247 g/mol. The number of carbonyl (C=O) groups excluding carboxylic acids is 1. The average molecular weight is 247 g/mol. The molecule has 4 nitrogen and oxygen atoms in total. The number of hydrogen-bond acceptors (Lipinski definition) is 3. The van der Waals surface area contributed by atoms with E-state index < -0.39 is 10.0 Å². The summed E-state index contributed by atoms with van der Waals surface area (Å²) in [5, 5.41) is 0. The maximum Gasteiger partial charge on any atom is 0.212 e. The Labute approximate surface area is 97.9 Å². The van der Waals surface area contributed by atoms with Crippen LogP contribution in [0, 0.1) is 5.41 Å². The quantitative estimate of drug-likeness (QED) is 0.821. The summed E-state index contributed by atoms with van der Waals surface area (Å²) in [5.41, 5.74) is -0.240. The smallest absolute Gasteiger partial charge is 0.212 e. The highest BCUT2D eigenvalue weighted by Gasteiger charge is 2.26. The van der Waals surface area contributed by atoms with Crippen LogP contribution in [-0.2, 0) is 14.8 Å². The SMILES string of the molecule is CC(C)(C)CS(=O)(=O)NC1CCC(=O)CC1. The number of Topliss-reactive ketones (excluding diaryl/α,β-unsaturated/α-hetero) is 1. The topological polar surface area (TPSA) is 63.2 Å². The van der Waals surface area contributed by atoms with Crippen LogP contribution in [0.4, 0.5) is 0 Å². The van der Waals surface area contributed by atoms with E-state index in [0.29, 0.717) is 25.7 Å². The number of ketones is 1. The van der Waals surface area contributed by atoms with Gasteiger partial charge in [0, 0.05) is 18.9 Å². The molecule has 0 amide bonds. The van der Waals surface area contributed by atoms with Crippen molar-refractivity contribution in [2.24, 2.45) is 5.41 Å². The predicted molar refractivity (Wildman–Crippen MR) is 63.6 cm³/mol. The third-order valence-electron chi connectivity index (χ3n) is 2.51. The normalized spacial score (nSPS) is 20.1. The van der Waals surface area contributed by atoms with Crippen LogP contribution < -0.4 is 4.72 Å². The molecule has 94 valence electrons. The first-order valence-electron chi connectivity index (χ1n) is 5.70. The fourth-order valence-electron chi connectivity index (χ4n) is 1.92. The molecule has 5 heteroatoms. The molecule has 0 unspecified atom stereocenters. The van der Waals surface area contributed by atoms with E-state index in [-0.39, 0.29) is 23.0 Å². The molecule has 0 saturated heterocycles. The number of carbonyl (C=O) groups is 1. The van der Waals surface area contributed by atoms with E-state index in [1.165, 1.54) is 0 Å². The fraction of sp³-hybridized carbons (Fsp3) is 0.909. The van der Waals surface area contributed by atoms with Crippen LogP contribution in [-0.4, -0.2) is 26.0 Å². The van der Waals surface area contributed by atoms with Gasteiger partial charge in [-0.05, 0) is 18.3 Å². The highest BCUT2D eigenvalue weighted by atomic mass is 32.2. The molecule has 0 aliphatic heterocycles. The summed E-state index contributed by atoms with van der Waals surface area (Å²) in [6.45, 7) is 5.70. The van der Waals surface area contributed by atoms with Gasteiger partial charge in [-0.1, -0.05) is 20.8 Å². The first-order valence-corrected chi connectivity index (χ1v) is 7.35. The van der Waals surface area contributed by atoms with Gasteiger partial charge < -0.3 is 0 Å². The largest absolute Gasteiger partial charge is 0.300 e. The second-order valence-electron chi connectivity index (χ2n) is 5.75. The van der Waals surface area contributed by atoms with E-state index in [2.05, 4.69) is 4.72 Å². The third-order valence-corrected chi connectivity index (χ3v) is 4.45. The molecule has 1 aliphatic rings. The summed E-state index contributed by atoms with van der Waals surface area (Å²) in [6.07, 6.45) is 2.29. The molecule has 0 aromatic rings. The molecule has 0 bridgehead atoms. The average Bonchev–Trinajstić information content (AvgIpc) is 2.04. The molecule has 1 N–H and O–H groups in total. The van der Waals surface area contributed by atoms with Crippen LogP contribution in [0.5, 0.6) is 0 Å². The number of sulfonamides is 1. The van der Waals surface area contributed by atoms with Gasteiger partial charge in [0.05, 0.1) is 5.75 Å². The third kappa shape index (κ3) is 5.07. The predicted octanol–water partition coefficient (Wildman–Crippen LogP) is 1.46. The molecule has 0 radical (unpaired) electrons. The summed E-state index contributed by atoms with van der Waals surface area (Å²) in [4.78, 5) is 11.0. The molecule has 1 fully saturated rings. The number of rotatable bonds is 3. The molecular formula is C11H21NO3S. The van der Waals surface area contributed by atoms with Crippen molar-refractivity contribution in [3.05, 3.63) is 0 Å². The van der Waals surface area contributed by atoms with Crippen molar-refractivity contribution in [2.45, 2.75) is 52.5 Å². The van der Waals surface area contributed by atoms with Crippen LogP contribution in [0.15, 0.2) is 0 Å². The second kappa shape index (κ2) is 4.84. The van der Waals surface area contributed by atoms with E-state index in [0.717, 1.165) is 0 Å². The Balaban J connectivity index is 2.50. The van der Waals surface area contributed by atoms with Crippen molar-refractivity contribution < 1.29 is 13.2 Å². The molecule has 1 rings (SSSR count). The first kappa shape index (κ1) is 13.6. The van der Waals surface area contributed by atoms with Gasteiger partial charge >= 0.3 is 0 Å². The highest BCUT2D eigenvalue weighted by molar-refractivity contribution is 7.89. The Hall–Kier alpha value is -0.420. The second-order valence-corrected chi connectivity index (χ2v) is 7.50. The van der Waals surface area contributed by atoms with Crippen molar-refractivity contribution in [2.75, 3.05) is 5.75 Å². The maximum absolute atomic E-state index is 11.8. The van der Waals surface area contributed by atoms with Gasteiger partial charge in [-0.15, -0.1) is 0 Å². The first-order chi connectivity index (χ1) is 7.18. The van der Waals surface area contributed by atoms with Crippen LogP contribution in [0.2, 0.25) is 0 Å². The van der Waals surface area contributed by atoms with Gasteiger partial charge in [0.25, 0.3) is 0 Å². The molecule has 16 heavy (non-hydrogen) atoms. The molecule has 1 saturated carbocycles. The summed E-state index contributed by atoms with van der Waals surface area (Å²) >= 11 is 0. The Kier molecular flexibility index (Phi) is 4.12. The van der Waals surface area contributed by atoms with Crippen LogP contribution >= 0.6 is 0 Å². The highest BCUT2D eigenvalue weighted by Crippen LogP contribution is 2.19. The molecule has 0 heterocycles. The molecular weight excluding hydrogens is 226 g/mol. The van der Waals surface area contributed by atoms with Crippen LogP contribution in [0.3, 0.4) is 0 Å². The van der Waals surface area contributed by atoms with E-state index >= 15 is 0 Å². The van der Waals surface area contributed by atoms with E-state index in [4.69, 9.17) is 0 Å². The molecule has 0 aromatic heterocycles. The lowest BCUT2D eigenvalue weighted by molar-refractivity contribution is -0.120.